The van der Waals surface area contributed by atoms with Crippen molar-refractivity contribution in [1.82, 2.24) is 4.90 Å². The van der Waals surface area contributed by atoms with Crippen molar-refractivity contribution in [2.24, 2.45) is 0 Å². The van der Waals surface area contributed by atoms with E-state index in [4.69, 9.17) is 9.47 Å². The van der Waals surface area contributed by atoms with Gasteiger partial charge in [-0.1, -0.05) is 0 Å². The Morgan fingerprint density at radius 2 is 1.37 bits per heavy atom. The quantitative estimate of drug-likeness (QED) is 0.402. The maximum atomic E-state index is 12.4. The average Bonchev–Trinajstić information content (AvgIpc) is 3.04. The van der Waals surface area contributed by atoms with E-state index in [-0.39, 0.29) is 35.7 Å². The highest BCUT2D eigenvalue weighted by Crippen LogP contribution is 2.38. The largest absolute Gasteiger partial charge is 0.490 e. The van der Waals surface area contributed by atoms with Crippen molar-refractivity contribution in [2.75, 3.05) is 0 Å². The van der Waals surface area contributed by atoms with Crippen LogP contribution in [0.5, 0.6) is 5.75 Å². The van der Waals surface area contributed by atoms with Gasteiger partial charge in [0.05, 0.1) is 9.85 Å². The number of piperidine rings is 1. The molecule has 2 heterocycles. The number of ether oxygens (including phenoxy) is 2. The lowest BCUT2D eigenvalue weighted by molar-refractivity contribution is -0.385. The molecule has 2 aromatic carbocycles. The van der Waals surface area contributed by atoms with Crippen LogP contribution in [-0.2, 0) is 4.74 Å². The summed E-state index contributed by atoms with van der Waals surface area (Å²) >= 11 is 0. The molecule has 0 unspecified atom stereocenters. The van der Waals surface area contributed by atoms with Crippen LogP contribution in [-0.4, -0.2) is 44.6 Å². The number of nitro benzene ring substituents is 2. The van der Waals surface area contributed by atoms with Gasteiger partial charge in [-0.05, 0) is 57.9 Å². The van der Waals surface area contributed by atoms with E-state index in [2.05, 4.69) is 0 Å². The fourth-order valence-corrected chi connectivity index (χ4v) is 4.24. The van der Waals surface area contributed by atoms with Crippen LogP contribution < -0.4 is 4.74 Å². The van der Waals surface area contributed by atoms with Gasteiger partial charge in [-0.3, -0.25) is 20.2 Å². The topological polar surface area (TPSA) is 125 Å². The number of nitrogens with zero attached hydrogens (tertiary/aromatic N) is 3. The Kier molecular flexibility index (Phi) is 7.88. The van der Waals surface area contributed by atoms with Gasteiger partial charge in [-0.25, -0.2) is 9.18 Å². The number of fused-ring (bicyclic) bond motifs is 2. The summed E-state index contributed by atoms with van der Waals surface area (Å²) in [6.45, 7) is 5.62. The Hall–Kier alpha value is -3.76. The Bertz CT molecular complexity index is 1040. The second-order valence-electron chi connectivity index (χ2n) is 9.47. The van der Waals surface area contributed by atoms with Crippen LogP contribution in [0.3, 0.4) is 0 Å². The number of halogens is 1. The zero-order chi connectivity index (χ0) is 25.8. The summed E-state index contributed by atoms with van der Waals surface area (Å²) in [6, 6.07) is 10.8. The number of carbonyl (C=O) groups is 1. The molecule has 2 aliphatic heterocycles. The van der Waals surface area contributed by atoms with Crippen molar-refractivity contribution < 1.29 is 28.5 Å². The molecule has 2 saturated heterocycles. The van der Waals surface area contributed by atoms with E-state index in [1.54, 1.807) is 12.1 Å². The predicted molar refractivity (Wildman–Crippen MR) is 125 cm³/mol. The Labute approximate surface area is 201 Å². The zero-order valence-corrected chi connectivity index (χ0v) is 19.8. The lowest BCUT2D eigenvalue weighted by Gasteiger charge is -2.39. The number of hydrogen-bond acceptors (Lipinski definition) is 7. The molecule has 1 amide bonds. The highest BCUT2D eigenvalue weighted by atomic mass is 19.1. The van der Waals surface area contributed by atoms with Crippen molar-refractivity contribution in [2.45, 2.75) is 70.2 Å². The first-order valence-electron chi connectivity index (χ1n) is 11.3. The Balaban J connectivity index is 0.000000287. The summed E-state index contributed by atoms with van der Waals surface area (Å²) < 4.78 is 23.7. The van der Waals surface area contributed by atoms with Crippen LogP contribution >= 0.6 is 0 Å². The third kappa shape index (κ3) is 7.11. The molecule has 0 saturated carbocycles. The van der Waals surface area contributed by atoms with E-state index < -0.39 is 21.3 Å². The van der Waals surface area contributed by atoms with Gasteiger partial charge in [0.25, 0.3) is 11.4 Å². The van der Waals surface area contributed by atoms with Crippen molar-refractivity contribution in [3.8, 4) is 5.75 Å². The minimum atomic E-state index is -0.570. The number of rotatable bonds is 4. The van der Waals surface area contributed by atoms with Crippen LogP contribution in [0.2, 0.25) is 0 Å². The van der Waals surface area contributed by atoms with Crippen molar-refractivity contribution in [3.63, 3.8) is 0 Å². The average molecular weight is 490 g/mol. The van der Waals surface area contributed by atoms with Gasteiger partial charge >= 0.3 is 6.09 Å². The van der Waals surface area contributed by atoms with Gasteiger partial charge in [-0.15, -0.1) is 0 Å². The minimum Gasteiger partial charge on any atom is -0.490 e. The highest BCUT2D eigenvalue weighted by molar-refractivity contribution is 5.69. The molecule has 0 N–H and O–H groups in total. The fourth-order valence-electron chi connectivity index (χ4n) is 4.24. The normalized spacial score (nSPS) is 20.9. The lowest BCUT2D eigenvalue weighted by Crippen LogP contribution is -2.50. The van der Waals surface area contributed by atoms with Gasteiger partial charge < -0.3 is 14.4 Å². The van der Waals surface area contributed by atoms with Crippen LogP contribution in [0.25, 0.3) is 0 Å². The van der Waals surface area contributed by atoms with E-state index >= 15 is 0 Å². The molecule has 188 valence electrons. The zero-order valence-electron chi connectivity index (χ0n) is 19.8. The van der Waals surface area contributed by atoms with E-state index in [1.807, 2.05) is 25.7 Å². The first-order chi connectivity index (χ1) is 16.4. The first-order valence-corrected chi connectivity index (χ1v) is 11.3. The van der Waals surface area contributed by atoms with E-state index in [0.717, 1.165) is 49.9 Å². The Morgan fingerprint density at radius 1 is 0.914 bits per heavy atom. The molecular weight excluding hydrogens is 461 g/mol. The van der Waals surface area contributed by atoms with Gasteiger partial charge in [0.2, 0.25) is 0 Å². The smallest absolute Gasteiger partial charge is 0.410 e. The third-order valence-electron chi connectivity index (χ3n) is 5.68. The number of hydrogen-bond donors (Lipinski definition) is 0. The molecule has 11 heteroatoms. The number of non-ortho nitro benzene ring substituents is 2. The van der Waals surface area contributed by atoms with Crippen molar-refractivity contribution in [1.29, 1.82) is 0 Å². The van der Waals surface area contributed by atoms with Gasteiger partial charge in [-0.2, -0.15) is 0 Å². The summed E-state index contributed by atoms with van der Waals surface area (Å²) in [6.07, 6.45) is 3.21. The van der Waals surface area contributed by atoms with Gasteiger partial charge in [0.15, 0.2) is 0 Å². The molecule has 2 aliphatic rings. The fraction of sp³-hybridized carbons (Fsp3) is 0.458. The number of benzene rings is 2. The van der Waals surface area contributed by atoms with Crippen molar-refractivity contribution in [3.05, 3.63) is 74.6 Å². The summed E-state index contributed by atoms with van der Waals surface area (Å²) in [5.41, 5.74) is -0.545. The SMILES string of the molecule is CC(C)(C)OC(=O)N1[C@@H]2CC[C@H]1C[C@@H](Oc1ccc([N+](=O)[O-])cc1)C2.O=[N+]([O-])c1ccc(F)cc1. The predicted octanol–water partition coefficient (Wildman–Crippen LogP) is 5.64. The van der Waals surface area contributed by atoms with Crippen molar-refractivity contribution >= 4 is 17.5 Å². The minimum absolute atomic E-state index is 0.0117. The molecule has 0 aromatic heterocycles. The molecule has 35 heavy (non-hydrogen) atoms. The second kappa shape index (κ2) is 10.7. The molecular formula is C24H28FN3O7. The Morgan fingerprint density at radius 3 is 1.80 bits per heavy atom. The summed E-state index contributed by atoms with van der Waals surface area (Å²) in [5.74, 6) is 0.159. The number of nitro groups is 2. The summed E-state index contributed by atoms with van der Waals surface area (Å²) in [7, 11) is 0. The van der Waals surface area contributed by atoms with E-state index in [0.29, 0.717) is 5.75 Å². The van der Waals surface area contributed by atoms with Crippen LogP contribution in [0.15, 0.2) is 48.5 Å². The lowest BCUT2D eigenvalue weighted by atomic mass is 10.00. The van der Waals surface area contributed by atoms with Crippen LogP contribution in [0.1, 0.15) is 46.5 Å². The van der Waals surface area contributed by atoms with E-state index in [1.165, 1.54) is 12.1 Å². The molecule has 2 bridgehead atoms. The van der Waals surface area contributed by atoms with Crippen LogP contribution in [0.4, 0.5) is 20.6 Å². The third-order valence-corrected chi connectivity index (χ3v) is 5.68. The maximum absolute atomic E-state index is 12.4. The maximum Gasteiger partial charge on any atom is 0.410 e. The molecule has 3 atom stereocenters. The van der Waals surface area contributed by atoms with Crippen LogP contribution in [0, 0.1) is 26.0 Å². The first kappa shape index (κ1) is 25.9. The second-order valence-corrected chi connectivity index (χ2v) is 9.47. The summed E-state index contributed by atoms with van der Waals surface area (Å²) in [5, 5.41) is 20.7. The molecule has 2 fully saturated rings. The number of carbonyl (C=O) groups excluding carboxylic acids is 1. The molecule has 0 radical (unpaired) electrons. The molecule has 0 aliphatic carbocycles. The standard InChI is InChI=1S/C18H24N2O5.C6H4FNO2/c1-18(2,3)25-17(21)19-13-4-5-14(19)11-16(10-13)24-15-8-6-12(7-9-15)20(22)23;7-5-1-3-6(4-2-5)8(9)10/h6-9,13-14,16H,4-5,10-11H2,1-3H3;1-4H/t13-,14+,16+;. The summed E-state index contributed by atoms with van der Waals surface area (Å²) in [4.78, 5) is 34.0. The van der Waals surface area contributed by atoms with Gasteiger partial charge in [0.1, 0.15) is 23.3 Å². The van der Waals surface area contributed by atoms with E-state index in [9.17, 15) is 29.4 Å². The highest BCUT2D eigenvalue weighted by Gasteiger charge is 2.45. The molecule has 0 spiro atoms. The molecule has 4 rings (SSSR count). The number of amides is 1. The van der Waals surface area contributed by atoms with Gasteiger partial charge in [0, 0.05) is 49.2 Å². The molecule has 2 aromatic rings. The monoisotopic (exact) mass is 489 g/mol. The molecule has 10 nitrogen and oxygen atoms in total.